The van der Waals surface area contributed by atoms with Gasteiger partial charge in [-0.3, -0.25) is 0 Å². The maximum Gasteiger partial charge on any atom is 0.438 e. The number of hydrogen-bond acceptors (Lipinski definition) is 1. The van der Waals surface area contributed by atoms with Crippen LogP contribution in [0.4, 0.5) is 74.6 Å². The first-order valence-corrected chi connectivity index (χ1v) is 6.13. The van der Waals surface area contributed by atoms with Gasteiger partial charge in [-0.05, 0) is 0 Å². The lowest BCUT2D eigenvalue weighted by molar-refractivity contribution is -0.466. The van der Waals surface area contributed by atoms with E-state index >= 15 is 0 Å². The summed E-state index contributed by atoms with van der Waals surface area (Å²) in [6, 6.07) is 0. The van der Waals surface area contributed by atoms with Crippen molar-refractivity contribution < 1.29 is 79.7 Å². The minimum Gasteiger partial charge on any atom is -0.396 e. The molecule has 0 aliphatic rings. The van der Waals surface area contributed by atoms with Crippen LogP contribution in [-0.4, -0.2) is 59.3 Å². The van der Waals surface area contributed by atoms with Gasteiger partial charge in [-0.1, -0.05) is 0 Å². The molecule has 0 spiro atoms. The fraction of sp³-hybridized carbons (Fsp3) is 1.00. The van der Waals surface area contributed by atoms with E-state index in [2.05, 4.69) is 0 Å². The minimum absolute atomic E-state index is 2.37. The summed E-state index contributed by atoms with van der Waals surface area (Å²) in [5.74, 6) is -24.4. The Morgan fingerprint density at radius 2 is 0.679 bits per heavy atom. The molecule has 0 amide bonds. The smallest absolute Gasteiger partial charge is 0.396 e. The van der Waals surface area contributed by atoms with Crippen LogP contribution in [0.1, 0.15) is 6.42 Å². The van der Waals surface area contributed by atoms with E-state index in [9.17, 15) is 74.6 Å². The van der Waals surface area contributed by atoms with E-state index in [1.54, 1.807) is 0 Å². The van der Waals surface area contributed by atoms with Gasteiger partial charge in [0.25, 0.3) is 5.92 Å². The van der Waals surface area contributed by atoms with Gasteiger partial charge in [-0.15, -0.1) is 0 Å². The Morgan fingerprint density at radius 1 is 0.429 bits per heavy atom. The molecule has 0 aromatic carbocycles. The van der Waals surface area contributed by atoms with Crippen LogP contribution in [0.25, 0.3) is 0 Å². The van der Waals surface area contributed by atoms with Gasteiger partial charge in [-0.25, -0.2) is 17.6 Å². The van der Waals surface area contributed by atoms with Crippen LogP contribution in [0, 0.1) is 0 Å². The lowest BCUT2D eigenvalue weighted by Gasteiger charge is -2.46. The van der Waals surface area contributed by atoms with Crippen LogP contribution in [0.5, 0.6) is 0 Å². The van der Waals surface area contributed by atoms with Crippen molar-refractivity contribution in [2.45, 2.75) is 54.1 Å². The highest BCUT2D eigenvalue weighted by Crippen LogP contribution is 2.66. The van der Waals surface area contributed by atoms with Crippen LogP contribution in [0.15, 0.2) is 0 Å². The third kappa shape index (κ3) is 3.24. The van der Waals surface area contributed by atoms with Crippen LogP contribution in [0.2, 0.25) is 0 Å². The van der Waals surface area contributed by atoms with E-state index < -0.39 is 60.7 Å². The van der Waals surface area contributed by atoms with E-state index in [4.69, 9.17) is 5.11 Å². The number of alkyl halides is 17. The average molecular weight is 464 g/mol. The molecule has 1 N–H and O–H groups in total. The average Bonchev–Trinajstić information content (AvgIpc) is 2.40. The summed E-state index contributed by atoms with van der Waals surface area (Å²) < 4.78 is 218. The van der Waals surface area contributed by atoms with Crippen LogP contribution in [0.3, 0.4) is 0 Å². The SMILES string of the molecule is OCCC(F)(F)C(F)(C(F)(F)F)C(F)(F)C(F)(F)C(F)(C(F)(F)F)C(F)(F)F. The van der Waals surface area contributed by atoms with Crippen LogP contribution in [-0.2, 0) is 0 Å². The first-order valence-electron chi connectivity index (χ1n) is 6.13. The van der Waals surface area contributed by atoms with Crippen molar-refractivity contribution in [3.05, 3.63) is 0 Å². The van der Waals surface area contributed by atoms with Crippen LogP contribution >= 0.6 is 0 Å². The predicted molar refractivity (Wildman–Crippen MR) is 52.4 cm³/mol. The van der Waals surface area contributed by atoms with E-state index in [0.717, 1.165) is 0 Å². The van der Waals surface area contributed by atoms with Crippen molar-refractivity contribution in [2.24, 2.45) is 0 Å². The van der Waals surface area contributed by atoms with Crippen molar-refractivity contribution in [3.8, 4) is 0 Å². The van der Waals surface area contributed by atoms with Crippen molar-refractivity contribution in [2.75, 3.05) is 6.61 Å². The zero-order valence-electron chi connectivity index (χ0n) is 12.3. The molecule has 1 nitrogen and oxygen atoms in total. The zero-order valence-corrected chi connectivity index (χ0v) is 12.3. The minimum atomic E-state index is -8.79. The van der Waals surface area contributed by atoms with Gasteiger partial charge >= 0.3 is 41.7 Å². The van der Waals surface area contributed by atoms with Gasteiger partial charge < -0.3 is 5.11 Å². The molecule has 1 atom stereocenters. The standard InChI is InChI=1S/C10H5F17O/c11-3(12,1-2-28)4(13,8(19,20)21)6(15,16)7(17,18)5(14,9(22,23)24)10(25,26)27/h28H,1-2H2. The Morgan fingerprint density at radius 3 is 0.893 bits per heavy atom. The molecule has 0 heterocycles. The van der Waals surface area contributed by atoms with Gasteiger partial charge in [0.2, 0.25) is 0 Å². The first-order chi connectivity index (χ1) is 11.8. The number of aliphatic hydroxyl groups excluding tert-OH is 1. The lowest BCUT2D eigenvalue weighted by Crippen LogP contribution is -2.79. The van der Waals surface area contributed by atoms with Crippen molar-refractivity contribution >= 4 is 0 Å². The summed E-state index contributed by atoms with van der Waals surface area (Å²) in [6.07, 6.45) is -27.4. The molecule has 0 aliphatic carbocycles. The molecule has 0 aromatic rings. The fourth-order valence-electron chi connectivity index (χ4n) is 1.88. The third-order valence-corrected chi connectivity index (χ3v) is 3.36. The van der Waals surface area contributed by atoms with Crippen molar-refractivity contribution in [1.82, 2.24) is 0 Å². The van der Waals surface area contributed by atoms with Gasteiger partial charge in [-0.2, -0.15) is 57.1 Å². The van der Waals surface area contributed by atoms with E-state index in [-0.39, 0.29) is 0 Å². The molecule has 0 saturated carbocycles. The number of rotatable bonds is 6. The molecule has 28 heavy (non-hydrogen) atoms. The fourth-order valence-corrected chi connectivity index (χ4v) is 1.88. The van der Waals surface area contributed by atoms with Gasteiger partial charge in [0.05, 0.1) is 0 Å². The number of halogens is 17. The molecule has 0 saturated heterocycles. The van der Waals surface area contributed by atoms with E-state index in [0.29, 0.717) is 0 Å². The second-order valence-electron chi connectivity index (χ2n) is 5.14. The highest BCUT2D eigenvalue weighted by atomic mass is 19.4. The normalized spacial score (nSPS) is 18.2. The second kappa shape index (κ2) is 6.65. The molecule has 170 valence electrons. The Labute approximate surface area is 142 Å². The van der Waals surface area contributed by atoms with Gasteiger partial charge in [0, 0.05) is 13.0 Å². The molecule has 0 aliphatic heterocycles. The van der Waals surface area contributed by atoms with Gasteiger partial charge in [0.1, 0.15) is 0 Å². The Kier molecular flexibility index (Phi) is 6.36. The summed E-state index contributed by atoms with van der Waals surface area (Å²) in [4.78, 5) is 0. The van der Waals surface area contributed by atoms with E-state index in [1.165, 1.54) is 0 Å². The summed E-state index contributed by atoms with van der Waals surface area (Å²) >= 11 is 0. The van der Waals surface area contributed by atoms with E-state index in [1.807, 2.05) is 0 Å². The summed E-state index contributed by atoms with van der Waals surface area (Å²) in [5.41, 5.74) is -16.7. The molecule has 18 heteroatoms. The quantitative estimate of drug-likeness (QED) is 0.524. The molecule has 1 unspecified atom stereocenters. The maximum absolute atomic E-state index is 13.7. The number of aliphatic hydroxyl groups is 1. The Balaban J connectivity index is 7.21. The summed E-state index contributed by atoms with van der Waals surface area (Å²) in [5, 5.41) is 8.04. The Bertz CT molecular complexity index is 540. The first kappa shape index (κ1) is 26.8. The molecular weight excluding hydrogens is 459 g/mol. The largest absolute Gasteiger partial charge is 0.438 e. The maximum atomic E-state index is 13.7. The predicted octanol–water partition coefficient (Wildman–Crippen LogP) is 5.38. The summed E-state index contributed by atoms with van der Waals surface area (Å²) in [6.45, 7) is -2.37. The molecule has 0 fully saturated rings. The lowest BCUT2D eigenvalue weighted by atomic mass is 9.78. The molecular formula is C10H5F17O. The monoisotopic (exact) mass is 464 g/mol. The molecule has 0 radical (unpaired) electrons. The topological polar surface area (TPSA) is 20.2 Å². The number of hydrogen-bond donors (Lipinski definition) is 1. The van der Waals surface area contributed by atoms with Gasteiger partial charge in [0.15, 0.2) is 0 Å². The van der Waals surface area contributed by atoms with Crippen molar-refractivity contribution in [1.29, 1.82) is 0 Å². The zero-order chi connectivity index (χ0) is 23.4. The van der Waals surface area contributed by atoms with Crippen molar-refractivity contribution in [3.63, 3.8) is 0 Å². The molecule has 0 aromatic heterocycles. The third-order valence-electron chi connectivity index (χ3n) is 3.36. The highest BCUT2D eigenvalue weighted by molar-refractivity contribution is 5.21. The Hall–Kier alpha value is -1.23. The molecule has 0 rings (SSSR count). The second-order valence-corrected chi connectivity index (χ2v) is 5.14. The molecule has 0 bridgehead atoms. The van der Waals surface area contributed by atoms with Crippen LogP contribution < -0.4 is 0 Å². The highest BCUT2D eigenvalue weighted by Gasteiger charge is 2.98. The summed E-state index contributed by atoms with van der Waals surface area (Å²) in [7, 11) is 0.